The van der Waals surface area contributed by atoms with Crippen LogP contribution in [0.15, 0.2) is 42.7 Å². The molecule has 1 heterocycles. The van der Waals surface area contributed by atoms with Crippen molar-refractivity contribution in [3.8, 4) is 11.5 Å². The monoisotopic (exact) mass is 344 g/mol. The highest BCUT2D eigenvalue weighted by atomic mass is 16.5. The zero-order chi connectivity index (χ0) is 18.2. The zero-order valence-electron chi connectivity index (χ0n) is 14.3. The molecular weight excluding hydrogens is 324 g/mol. The van der Waals surface area contributed by atoms with Crippen LogP contribution in [-0.2, 0) is 9.53 Å². The third-order valence-electron chi connectivity index (χ3n) is 3.49. The maximum atomic E-state index is 12.5. The number of pyridine rings is 1. The van der Waals surface area contributed by atoms with E-state index in [0.29, 0.717) is 29.2 Å². The number of esters is 1. The van der Waals surface area contributed by atoms with Gasteiger partial charge in [-0.2, -0.15) is 0 Å². The molecule has 0 radical (unpaired) electrons. The average molecular weight is 344 g/mol. The van der Waals surface area contributed by atoms with Gasteiger partial charge in [0.1, 0.15) is 11.5 Å². The summed E-state index contributed by atoms with van der Waals surface area (Å²) in [6, 6.07) is 8.08. The summed E-state index contributed by atoms with van der Waals surface area (Å²) in [7, 11) is 3.02. The molecule has 7 nitrogen and oxygen atoms in total. The molecule has 0 aliphatic carbocycles. The lowest BCUT2D eigenvalue weighted by molar-refractivity contribution is -0.124. The van der Waals surface area contributed by atoms with Gasteiger partial charge in [0.2, 0.25) is 0 Å². The molecule has 2 rings (SSSR count). The van der Waals surface area contributed by atoms with E-state index in [1.165, 1.54) is 38.7 Å². The van der Waals surface area contributed by atoms with Gasteiger partial charge < -0.3 is 19.5 Å². The quantitative estimate of drug-likeness (QED) is 0.777. The summed E-state index contributed by atoms with van der Waals surface area (Å²) in [5.74, 6) is 0.0147. The molecule has 0 saturated heterocycles. The Bertz CT molecular complexity index is 734. The molecule has 1 amide bonds. The van der Waals surface area contributed by atoms with Gasteiger partial charge in [-0.15, -0.1) is 0 Å². The van der Waals surface area contributed by atoms with Crippen LogP contribution in [0.1, 0.15) is 23.7 Å². The molecule has 0 saturated carbocycles. The van der Waals surface area contributed by atoms with Gasteiger partial charge in [0.05, 0.1) is 25.5 Å². The third-order valence-corrected chi connectivity index (χ3v) is 3.49. The van der Waals surface area contributed by atoms with Crippen LogP contribution in [0.5, 0.6) is 11.5 Å². The summed E-state index contributed by atoms with van der Waals surface area (Å²) in [6.07, 6.45) is 2.36. The Hall–Kier alpha value is -3.09. The number of methoxy groups -OCH3 is 2. The lowest BCUT2D eigenvalue weighted by atomic mass is 10.2. The molecule has 1 aromatic heterocycles. The van der Waals surface area contributed by atoms with Gasteiger partial charge in [-0.1, -0.05) is 6.92 Å². The Balaban J connectivity index is 2.11. The number of hydrogen-bond donors (Lipinski definition) is 1. The van der Waals surface area contributed by atoms with Crippen molar-refractivity contribution in [1.82, 2.24) is 4.98 Å². The largest absolute Gasteiger partial charge is 0.497 e. The van der Waals surface area contributed by atoms with Gasteiger partial charge in [0.25, 0.3) is 5.91 Å². The van der Waals surface area contributed by atoms with E-state index < -0.39 is 18.0 Å². The van der Waals surface area contributed by atoms with Crippen molar-refractivity contribution in [1.29, 1.82) is 0 Å². The van der Waals surface area contributed by atoms with E-state index in [-0.39, 0.29) is 0 Å². The Labute approximate surface area is 145 Å². The van der Waals surface area contributed by atoms with E-state index in [2.05, 4.69) is 10.3 Å². The van der Waals surface area contributed by atoms with Gasteiger partial charge in [-0.25, -0.2) is 4.79 Å². The highest BCUT2D eigenvalue weighted by Gasteiger charge is 2.23. The molecule has 0 spiro atoms. The Morgan fingerprint density at radius 1 is 1.12 bits per heavy atom. The van der Waals surface area contributed by atoms with E-state index in [1.807, 2.05) is 0 Å². The van der Waals surface area contributed by atoms with Crippen molar-refractivity contribution in [2.24, 2.45) is 0 Å². The van der Waals surface area contributed by atoms with Gasteiger partial charge >= 0.3 is 5.97 Å². The van der Waals surface area contributed by atoms with E-state index >= 15 is 0 Å². The second-order valence-corrected chi connectivity index (χ2v) is 5.09. The number of carbonyl (C=O) groups excluding carboxylic acids is 2. The van der Waals surface area contributed by atoms with Crippen molar-refractivity contribution in [3.05, 3.63) is 48.3 Å². The fourth-order valence-corrected chi connectivity index (χ4v) is 2.13. The SMILES string of the molecule is CCC(OC(=O)c1ccncc1)C(=O)Nc1cc(OC)ccc1OC. The van der Waals surface area contributed by atoms with E-state index in [1.54, 1.807) is 25.1 Å². The molecule has 1 unspecified atom stereocenters. The number of hydrogen-bond acceptors (Lipinski definition) is 6. The standard InChI is InChI=1S/C18H20N2O5/c1-4-15(25-18(22)12-7-9-19-10-8-12)17(21)20-14-11-13(23-2)5-6-16(14)24-3/h5-11,15H,4H2,1-3H3,(H,20,21). The molecule has 7 heteroatoms. The maximum Gasteiger partial charge on any atom is 0.339 e. The molecule has 0 aliphatic heterocycles. The molecule has 0 fully saturated rings. The summed E-state index contributed by atoms with van der Waals surface area (Å²) >= 11 is 0. The summed E-state index contributed by atoms with van der Waals surface area (Å²) < 4.78 is 15.7. The second-order valence-electron chi connectivity index (χ2n) is 5.09. The maximum absolute atomic E-state index is 12.5. The molecule has 1 N–H and O–H groups in total. The van der Waals surface area contributed by atoms with Crippen molar-refractivity contribution < 1.29 is 23.8 Å². The molecule has 2 aromatic rings. The Morgan fingerprint density at radius 2 is 1.84 bits per heavy atom. The fraction of sp³-hybridized carbons (Fsp3) is 0.278. The second kappa shape index (κ2) is 8.68. The first kappa shape index (κ1) is 18.3. The van der Waals surface area contributed by atoms with Crippen LogP contribution in [0, 0.1) is 0 Å². The molecule has 1 atom stereocenters. The summed E-state index contributed by atoms with van der Waals surface area (Å²) in [5, 5.41) is 2.71. The van der Waals surface area contributed by atoms with Crippen LogP contribution in [0.3, 0.4) is 0 Å². The van der Waals surface area contributed by atoms with Crippen LogP contribution in [-0.4, -0.2) is 37.2 Å². The predicted octanol–water partition coefficient (Wildman–Crippen LogP) is 2.67. The lowest BCUT2D eigenvalue weighted by Crippen LogP contribution is -2.32. The van der Waals surface area contributed by atoms with E-state index in [9.17, 15) is 9.59 Å². The first-order valence-corrected chi connectivity index (χ1v) is 7.73. The zero-order valence-corrected chi connectivity index (χ0v) is 14.3. The number of rotatable bonds is 7. The van der Waals surface area contributed by atoms with Gasteiger partial charge in [-0.05, 0) is 30.7 Å². The number of ether oxygens (including phenoxy) is 3. The van der Waals surface area contributed by atoms with Crippen molar-refractivity contribution in [2.75, 3.05) is 19.5 Å². The smallest absolute Gasteiger partial charge is 0.339 e. The third kappa shape index (κ3) is 4.69. The van der Waals surface area contributed by atoms with E-state index in [4.69, 9.17) is 14.2 Å². The number of benzene rings is 1. The predicted molar refractivity (Wildman–Crippen MR) is 91.9 cm³/mol. The van der Waals surface area contributed by atoms with Crippen LogP contribution in [0.25, 0.3) is 0 Å². The van der Waals surface area contributed by atoms with Gasteiger partial charge in [0, 0.05) is 18.5 Å². The number of aromatic nitrogens is 1. The number of anilines is 1. The van der Waals surface area contributed by atoms with Crippen molar-refractivity contribution in [3.63, 3.8) is 0 Å². The first-order valence-electron chi connectivity index (χ1n) is 7.73. The van der Waals surface area contributed by atoms with Crippen molar-refractivity contribution >= 4 is 17.6 Å². The average Bonchev–Trinajstić information content (AvgIpc) is 2.66. The Morgan fingerprint density at radius 3 is 2.44 bits per heavy atom. The topological polar surface area (TPSA) is 86.8 Å². The summed E-state index contributed by atoms with van der Waals surface area (Å²) in [4.78, 5) is 28.4. The van der Waals surface area contributed by atoms with Crippen LogP contribution in [0.4, 0.5) is 5.69 Å². The normalized spacial score (nSPS) is 11.3. The first-order chi connectivity index (χ1) is 12.1. The summed E-state index contributed by atoms with van der Waals surface area (Å²) in [6.45, 7) is 1.76. The van der Waals surface area contributed by atoms with Crippen LogP contribution < -0.4 is 14.8 Å². The fourth-order valence-electron chi connectivity index (χ4n) is 2.13. The van der Waals surface area contributed by atoms with Gasteiger partial charge in [0.15, 0.2) is 6.10 Å². The number of nitrogens with one attached hydrogen (secondary N) is 1. The van der Waals surface area contributed by atoms with E-state index in [0.717, 1.165) is 0 Å². The minimum absolute atomic E-state index is 0.328. The number of carbonyl (C=O) groups is 2. The highest BCUT2D eigenvalue weighted by molar-refractivity contribution is 5.98. The highest BCUT2D eigenvalue weighted by Crippen LogP contribution is 2.29. The van der Waals surface area contributed by atoms with Crippen molar-refractivity contribution in [2.45, 2.75) is 19.4 Å². The van der Waals surface area contributed by atoms with Crippen LogP contribution >= 0.6 is 0 Å². The number of amides is 1. The van der Waals surface area contributed by atoms with Gasteiger partial charge in [-0.3, -0.25) is 9.78 Å². The number of nitrogens with zero attached hydrogens (tertiary/aromatic N) is 1. The summed E-state index contributed by atoms with van der Waals surface area (Å²) in [5.41, 5.74) is 0.769. The lowest BCUT2D eigenvalue weighted by Gasteiger charge is -2.17. The van der Waals surface area contributed by atoms with Crippen LogP contribution in [0.2, 0.25) is 0 Å². The molecule has 0 aliphatic rings. The Kier molecular flexibility index (Phi) is 6.33. The minimum atomic E-state index is -0.934. The molecular formula is C18H20N2O5. The molecule has 25 heavy (non-hydrogen) atoms. The molecule has 1 aromatic carbocycles. The minimum Gasteiger partial charge on any atom is -0.497 e. The molecule has 0 bridgehead atoms. The molecule has 132 valence electrons.